The Kier molecular flexibility index (Phi) is 3.84. The van der Waals surface area contributed by atoms with Crippen LogP contribution in [0.25, 0.3) is 0 Å². The molecule has 2 N–H and O–H groups in total. The van der Waals surface area contributed by atoms with Gasteiger partial charge in [-0.15, -0.1) is 0 Å². The fraction of sp³-hybridized carbons (Fsp3) is 0.750. The van der Waals surface area contributed by atoms with E-state index >= 15 is 0 Å². The van der Waals surface area contributed by atoms with Crippen molar-refractivity contribution in [2.75, 3.05) is 36.2 Å². The Morgan fingerprint density at radius 3 is 2.44 bits per heavy atom. The topological polar surface area (TPSA) is 66.0 Å². The van der Waals surface area contributed by atoms with Crippen molar-refractivity contribution in [3.63, 3.8) is 0 Å². The standard InChI is InChI=1S/C12H22N6/c1-5-6-13-10-15-11(14-9-7-8(9)2)17-12(16-10)18(3)4/h8-9H,5-7H2,1-4H3,(H2,13,14,15,16,17). The molecule has 6 nitrogen and oxygen atoms in total. The summed E-state index contributed by atoms with van der Waals surface area (Å²) in [5.74, 6) is 2.71. The first kappa shape index (κ1) is 12.9. The highest BCUT2D eigenvalue weighted by Gasteiger charge is 2.33. The maximum absolute atomic E-state index is 4.41. The molecule has 1 saturated carbocycles. The lowest BCUT2D eigenvalue weighted by Gasteiger charge is -2.13. The van der Waals surface area contributed by atoms with E-state index < -0.39 is 0 Å². The average Bonchev–Trinajstić information content (AvgIpc) is 3.02. The van der Waals surface area contributed by atoms with Crippen LogP contribution in [-0.4, -0.2) is 41.6 Å². The molecule has 18 heavy (non-hydrogen) atoms. The molecule has 2 atom stereocenters. The lowest BCUT2D eigenvalue weighted by molar-refractivity contribution is 0.886. The van der Waals surface area contributed by atoms with Crippen molar-refractivity contribution in [1.29, 1.82) is 0 Å². The molecule has 1 fully saturated rings. The van der Waals surface area contributed by atoms with Gasteiger partial charge in [-0.3, -0.25) is 0 Å². The third kappa shape index (κ3) is 3.21. The molecule has 1 aliphatic carbocycles. The van der Waals surface area contributed by atoms with Crippen LogP contribution in [0.5, 0.6) is 0 Å². The molecule has 1 heterocycles. The summed E-state index contributed by atoms with van der Waals surface area (Å²) in [7, 11) is 3.87. The van der Waals surface area contributed by atoms with Crippen molar-refractivity contribution >= 4 is 17.8 Å². The van der Waals surface area contributed by atoms with Crippen molar-refractivity contribution in [2.45, 2.75) is 32.7 Å². The molecule has 1 aromatic heterocycles. The number of anilines is 3. The predicted molar refractivity (Wildman–Crippen MR) is 74.1 cm³/mol. The first-order valence-electron chi connectivity index (χ1n) is 6.54. The van der Waals surface area contributed by atoms with E-state index in [9.17, 15) is 0 Å². The minimum Gasteiger partial charge on any atom is -0.354 e. The van der Waals surface area contributed by atoms with Gasteiger partial charge in [0.15, 0.2) is 0 Å². The van der Waals surface area contributed by atoms with E-state index in [2.05, 4.69) is 39.4 Å². The van der Waals surface area contributed by atoms with Gasteiger partial charge in [-0.25, -0.2) is 0 Å². The monoisotopic (exact) mass is 250 g/mol. The fourth-order valence-electron chi connectivity index (χ4n) is 1.63. The predicted octanol–water partition coefficient (Wildman–Crippen LogP) is 1.58. The summed E-state index contributed by atoms with van der Waals surface area (Å²) in [5.41, 5.74) is 0. The summed E-state index contributed by atoms with van der Waals surface area (Å²) < 4.78 is 0. The van der Waals surface area contributed by atoms with Gasteiger partial charge in [0.25, 0.3) is 0 Å². The van der Waals surface area contributed by atoms with Crippen LogP contribution in [0.1, 0.15) is 26.7 Å². The first-order valence-corrected chi connectivity index (χ1v) is 6.54. The molecule has 2 rings (SSSR count). The van der Waals surface area contributed by atoms with Crippen LogP contribution in [0.2, 0.25) is 0 Å². The van der Waals surface area contributed by atoms with Crippen LogP contribution >= 0.6 is 0 Å². The molecule has 100 valence electrons. The van der Waals surface area contributed by atoms with Gasteiger partial charge in [0.05, 0.1) is 0 Å². The lowest BCUT2D eigenvalue weighted by Crippen LogP contribution is -2.18. The second-order valence-electron chi connectivity index (χ2n) is 5.07. The number of rotatable bonds is 6. The van der Waals surface area contributed by atoms with Crippen molar-refractivity contribution in [2.24, 2.45) is 5.92 Å². The second kappa shape index (κ2) is 5.37. The van der Waals surface area contributed by atoms with E-state index in [-0.39, 0.29) is 0 Å². The van der Waals surface area contributed by atoms with Gasteiger partial charge in [0, 0.05) is 26.7 Å². The Bertz CT molecular complexity index is 406. The zero-order valence-electron chi connectivity index (χ0n) is 11.6. The lowest BCUT2D eigenvalue weighted by atomic mass is 10.5. The molecular formula is C12H22N6. The van der Waals surface area contributed by atoms with Crippen LogP contribution < -0.4 is 15.5 Å². The van der Waals surface area contributed by atoms with Crippen LogP contribution in [0.3, 0.4) is 0 Å². The van der Waals surface area contributed by atoms with Crippen LogP contribution in [0.4, 0.5) is 17.8 Å². The average molecular weight is 250 g/mol. The Morgan fingerprint density at radius 2 is 1.89 bits per heavy atom. The highest BCUT2D eigenvalue weighted by atomic mass is 15.3. The van der Waals surface area contributed by atoms with Crippen molar-refractivity contribution in [1.82, 2.24) is 15.0 Å². The van der Waals surface area contributed by atoms with Gasteiger partial charge in [-0.2, -0.15) is 15.0 Å². The first-order chi connectivity index (χ1) is 8.60. The molecule has 0 radical (unpaired) electrons. The molecular weight excluding hydrogens is 228 g/mol. The van der Waals surface area contributed by atoms with E-state index in [1.54, 1.807) is 0 Å². The summed E-state index contributed by atoms with van der Waals surface area (Å²) in [6, 6.07) is 0.515. The van der Waals surface area contributed by atoms with Crippen molar-refractivity contribution in [3.05, 3.63) is 0 Å². The SMILES string of the molecule is CCCNc1nc(NC2CC2C)nc(N(C)C)n1. The Morgan fingerprint density at radius 1 is 1.22 bits per heavy atom. The normalized spacial score (nSPS) is 21.6. The molecule has 0 aliphatic heterocycles. The quantitative estimate of drug-likeness (QED) is 0.799. The largest absolute Gasteiger partial charge is 0.354 e. The third-order valence-corrected chi connectivity index (χ3v) is 2.98. The second-order valence-corrected chi connectivity index (χ2v) is 5.07. The van der Waals surface area contributed by atoms with Crippen LogP contribution in [-0.2, 0) is 0 Å². The summed E-state index contributed by atoms with van der Waals surface area (Å²) in [6.07, 6.45) is 2.24. The maximum atomic E-state index is 4.41. The molecule has 6 heteroatoms. The highest BCUT2D eigenvalue weighted by molar-refractivity contribution is 5.44. The summed E-state index contributed by atoms with van der Waals surface area (Å²) in [6.45, 7) is 5.21. The minimum atomic E-state index is 0.515. The van der Waals surface area contributed by atoms with E-state index in [0.717, 1.165) is 18.9 Å². The number of hydrogen-bond acceptors (Lipinski definition) is 6. The smallest absolute Gasteiger partial charge is 0.231 e. The van der Waals surface area contributed by atoms with E-state index in [4.69, 9.17) is 0 Å². The summed E-state index contributed by atoms with van der Waals surface area (Å²) in [5, 5.41) is 6.55. The molecule has 0 aromatic carbocycles. The van der Waals surface area contributed by atoms with E-state index in [0.29, 0.717) is 23.9 Å². The number of aromatic nitrogens is 3. The van der Waals surface area contributed by atoms with Crippen LogP contribution in [0, 0.1) is 5.92 Å². The fourth-order valence-corrected chi connectivity index (χ4v) is 1.63. The van der Waals surface area contributed by atoms with Gasteiger partial charge >= 0.3 is 0 Å². The Balaban J connectivity index is 2.13. The molecule has 1 aliphatic rings. The molecule has 0 amide bonds. The third-order valence-electron chi connectivity index (χ3n) is 2.98. The Labute approximate surface area is 108 Å². The molecule has 0 spiro atoms. The van der Waals surface area contributed by atoms with Gasteiger partial charge < -0.3 is 15.5 Å². The number of nitrogens with zero attached hydrogens (tertiary/aromatic N) is 4. The van der Waals surface area contributed by atoms with Crippen molar-refractivity contribution in [3.8, 4) is 0 Å². The number of hydrogen-bond donors (Lipinski definition) is 2. The summed E-state index contributed by atoms with van der Waals surface area (Å²) >= 11 is 0. The number of nitrogens with one attached hydrogen (secondary N) is 2. The zero-order valence-corrected chi connectivity index (χ0v) is 11.6. The van der Waals surface area contributed by atoms with Crippen molar-refractivity contribution < 1.29 is 0 Å². The highest BCUT2D eigenvalue weighted by Crippen LogP contribution is 2.32. The van der Waals surface area contributed by atoms with Crippen LogP contribution in [0.15, 0.2) is 0 Å². The molecule has 0 bridgehead atoms. The van der Waals surface area contributed by atoms with Gasteiger partial charge in [0.1, 0.15) is 0 Å². The van der Waals surface area contributed by atoms with Gasteiger partial charge in [-0.05, 0) is 18.8 Å². The zero-order chi connectivity index (χ0) is 13.1. The van der Waals surface area contributed by atoms with Gasteiger partial charge in [0.2, 0.25) is 17.8 Å². The van der Waals surface area contributed by atoms with Gasteiger partial charge in [-0.1, -0.05) is 13.8 Å². The maximum Gasteiger partial charge on any atom is 0.231 e. The summed E-state index contributed by atoms with van der Waals surface area (Å²) in [4.78, 5) is 15.1. The Hall–Kier alpha value is -1.59. The van der Waals surface area contributed by atoms with E-state index in [1.807, 2.05) is 19.0 Å². The van der Waals surface area contributed by atoms with E-state index in [1.165, 1.54) is 6.42 Å². The molecule has 2 unspecified atom stereocenters. The molecule has 1 aromatic rings. The molecule has 0 saturated heterocycles. The minimum absolute atomic E-state index is 0.515.